The van der Waals surface area contributed by atoms with Gasteiger partial charge in [0.2, 0.25) is 0 Å². The van der Waals surface area contributed by atoms with E-state index in [0.717, 1.165) is 22.6 Å². The van der Waals surface area contributed by atoms with Crippen molar-refractivity contribution in [3.8, 4) is 0 Å². The van der Waals surface area contributed by atoms with E-state index in [4.69, 9.17) is 0 Å². The van der Waals surface area contributed by atoms with Crippen molar-refractivity contribution < 1.29 is 9.59 Å². The van der Waals surface area contributed by atoms with Gasteiger partial charge in [-0.05, 0) is 37.1 Å². The molecule has 106 valence electrons. The first-order chi connectivity index (χ1) is 9.63. The average Bonchev–Trinajstić information content (AvgIpc) is 3.12. The molecule has 4 heteroatoms. The Hall–Kier alpha value is -1.26. The summed E-state index contributed by atoms with van der Waals surface area (Å²) < 4.78 is 0. The van der Waals surface area contributed by atoms with Crippen LogP contribution in [0.1, 0.15) is 55.8 Å². The molecule has 0 saturated heterocycles. The highest BCUT2D eigenvalue weighted by Gasteiger charge is 2.14. The van der Waals surface area contributed by atoms with Crippen LogP contribution in [0.2, 0.25) is 0 Å². The Kier molecular flexibility index (Phi) is 5.26. The molecule has 2 aromatic rings. The molecule has 0 bridgehead atoms. The Morgan fingerprint density at radius 2 is 1.20 bits per heavy atom. The Morgan fingerprint density at radius 3 is 1.50 bits per heavy atom. The Bertz CT molecular complexity index is 553. The van der Waals surface area contributed by atoms with Gasteiger partial charge in [0.05, 0.1) is 9.75 Å². The van der Waals surface area contributed by atoms with E-state index in [2.05, 4.69) is 13.8 Å². The van der Waals surface area contributed by atoms with Gasteiger partial charge in [0.15, 0.2) is 11.6 Å². The maximum atomic E-state index is 12.0. The number of carbonyl (C=O) groups excluding carboxylic acids is 2. The second-order valence-corrected chi connectivity index (χ2v) is 6.92. The fourth-order valence-electron chi connectivity index (χ4n) is 1.91. The Morgan fingerprint density at radius 1 is 0.800 bits per heavy atom. The summed E-state index contributed by atoms with van der Waals surface area (Å²) in [4.78, 5) is 28.0. The van der Waals surface area contributed by atoms with Crippen molar-refractivity contribution in [3.63, 3.8) is 0 Å². The highest BCUT2D eigenvalue weighted by Crippen LogP contribution is 2.22. The Balaban J connectivity index is 1.91. The minimum atomic E-state index is 0.0790. The number of rotatable bonds is 7. The average molecular weight is 306 g/mol. The first-order valence-electron chi connectivity index (χ1n) is 6.87. The molecule has 0 atom stereocenters. The number of hydrogen-bond acceptors (Lipinski definition) is 4. The molecule has 0 fully saturated rings. The maximum Gasteiger partial charge on any atom is 0.173 e. The molecule has 0 aliphatic rings. The largest absolute Gasteiger partial charge is 0.293 e. The molecule has 0 aliphatic carbocycles. The van der Waals surface area contributed by atoms with E-state index in [1.54, 1.807) is 0 Å². The highest BCUT2D eigenvalue weighted by molar-refractivity contribution is 7.14. The second-order valence-electron chi connectivity index (χ2n) is 4.59. The number of ketones is 2. The van der Waals surface area contributed by atoms with Gasteiger partial charge >= 0.3 is 0 Å². The lowest BCUT2D eigenvalue weighted by Crippen LogP contribution is -2.02. The van der Waals surface area contributed by atoms with Crippen LogP contribution in [0.15, 0.2) is 24.3 Å². The van der Waals surface area contributed by atoms with Crippen LogP contribution in [0.4, 0.5) is 0 Å². The second kappa shape index (κ2) is 6.95. The third kappa shape index (κ3) is 3.64. The molecule has 2 rings (SSSR count). The van der Waals surface area contributed by atoms with Crippen LogP contribution in [0.5, 0.6) is 0 Å². The first-order valence-corrected chi connectivity index (χ1v) is 8.51. The summed E-state index contributed by atoms with van der Waals surface area (Å²) in [6.07, 6.45) is 2.52. The van der Waals surface area contributed by atoms with Crippen molar-refractivity contribution in [3.05, 3.63) is 43.8 Å². The number of aryl methyl sites for hydroxylation is 2. The van der Waals surface area contributed by atoms with E-state index >= 15 is 0 Å². The third-order valence-corrected chi connectivity index (χ3v) is 5.69. The standard InChI is InChI=1S/C16H18O2S2/c1-3-11-5-9-15(19-11)13(17)7-8-14(18)16-10-6-12(4-2)20-16/h5-6,9-10H,3-4,7-8H2,1-2H3. The fraction of sp³-hybridized carbons (Fsp3) is 0.375. The molecule has 20 heavy (non-hydrogen) atoms. The van der Waals surface area contributed by atoms with Crippen molar-refractivity contribution >= 4 is 34.2 Å². The topological polar surface area (TPSA) is 34.1 Å². The zero-order valence-electron chi connectivity index (χ0n) is 11.8. The predicted molar refractivity (Wildman–Crippen MR) is 85.3 cm³/mol. The fourth-order valence-corrected chi connectivity index (χ4v) is 3.74. The number of Topliss-reactive ketones (excluding diaryl/α,β-unsaturated/α-hetero) is 2. The van der Waals surface area contributed by atoms with Gasteiger partial charge in [-0.3, -0.25) is 9.59 Å². The van der Waals surface area contributed by atoms with Crippen molar-refractivity contribution in [2.75, 3.05) is 0 Å². The molecule has 0 unspecified atom stereocenters. The first kappa shape index (κ1) is 15.1. The summed E-state index contributed by atoms with van der Waals surface area (Å²) in [6, 6.07) is 7.73. The molecule has 0 aliphatic heterocycles. The normalized spacial score (nSPS) is 10.7. The monoisotopic (exact) mass is 306 g/mol. The van der Waals surface area contributed by atoms with Gasteiger partial charge in [-0.15, -0.1) is 22.7 Å². The molecule has 0 radical (unpaired) electrons. The van der Waals surface area contributed by atoms with Gasteiger partial charge in [-0.2, -0.15) is 0 Å². The van der Waals surface area contributed by atoms with Crippen molar-refractivity contribution in [1.29, 1.82) is 0 Å². The predicted octanol–water partition coefficient (Wildman–Crippen LogP) is 4.78. The van der Waals surface area contributed by atoms with Crippen LogP contribution in [-0.4, -0.2) is 11.6 Å². The summed E-state index contributed by atoms with van der Waals surface area (Å²) in [5.74, 6) is 0.158. The van der Waals surface area contributed by atoms with Crippen molar-refractivity contribution in [1.82, 2.24) is 0 Å². The SMILES string of the molecule is CCc1ccc(C(=O)CCC(=O)c2ccc(CC)s2)s1. The molecule has 0 amide bonds. The molecule has 2 heterocycles. The zero-order valence-corrected chi connectivity index (χ0v) is 13.4. The van der Waals surface area contributed by atoms with E-state index in [1.165, 1.54) is 32.4 Å². The third-order valence-electron chi connectivity index (χ3n) is 3.15. The van der Waals surface area contributed by atoms with E-state index < -0.39 is 0 Å². The lowest BCUT2D eigenvalue weighted by atomic mass is 10.1. The minimum Gasteiger partial charge on any atom is -0.293 e. The van der Waals surface area contributed by atoms with Crippen molar-refractivity contribution in [2.24, 2.45) is 0 Å². The van der Waals surface area contributed by atoms with Gasteiger partial charge in [0.25, 0.3) is 0 Å². The van der Waals surface area contributed by atoms with Gasteiger partial charge in [0, 0.05) is 22.6 Å². The molecule has 0 N–H and O–H groups in total. The summed E-state index contributed by atoms with van der Waals surface area (Å²) in [7, 11) is 0. The van der Waals surface area contributed by atoms with Crippen LogP contribution < -0.4 is 0 Å². The molecular formula is C16H18O2S2. The molecule has 2 aromatic heterocycles. The van der Waals surface area contributed by atoms with E-state index in [9.17, 15) is 9.59 Å². The van der Waals surface area contributed by atoms with Crippen LogP contribution in [0.25, 0.3) is 0 Å². The zero-order chi connectivity index (χ0) is 14.5. The molecule has 2 nitrogen and oxygen atoms in total. The minimum absolute atomic E-state index is 0.0790. The van der Waals surface area contributed by atoms with E-state index in [1.807, 2.05) is 24.3 Å². The van der Waals surface area contributed by atoms with Gasteiger partial charge in [-0.25, -0.2) is 0 Å². The van der Waals surface area contributed by atoms with E-state index in [-0.39, 0.29) is 11.6 Å². The number of thiophene rings is 2. The summed E-state index contributed by atoms with van der Waals surface area (Å²) in [6.45, 7) is 4.15. The lowest BCUT2D eigenvalue weighted by molar-refractivity contribution is 0.0921. The van der Waals surface area contributed by atoms with Gasteiger partial charge < -0.3 is 0 Å². The quantitative estimate of drug-likeness (QED) is 0.690. The van der Waals surface area contributed by atoms with Gasteiger partial charge in [0.1, 0.15) is 0 Å². The van der Waals surface area contributed by atoms with Crippen LogP contribution in [-0.2, 0) is 12.8 Å². The smallest absolute Gasteiger partial charge is 0.173 e. The summed E-state index contributed by atoms with van der Waals surface area (Å²) in [5, 5.41) is 0. The summed E-state index contributed by atoms with van der Waals surface area (Å²) >= 11 is 3.08. The summed E-state index contributed by atoms with van der Waals surface area (Å²) in [5.41, 5.74) is 0. The van der Waals surface area contributed by atoms with E-state index in [0.29, 0.717) is 12.8 Å². The molecule has 0 spiro atoms. The maximum absolute atomic E-state index is 12.0. The van der Waals surface area contributed by atoms with Crippen LogP contribution >= 0.6 is 22.7 Å². The highest BCUT2D eigenvalue weighted by atomic mass is 32.1. The Labute approximate surface area is 127 Å². The number of hydrogen-bond donors (Lipinski definition) is 0. The van der Waals surface area contributed by atoms with Crippen LogP contribution in [0.3, 0.4) is 0 Å². The van der Waals surface area contributed by atoms with Gasteiger partial charge in [-0.1, -0.05) is 13.8 Å². The molecule has 0 aromatic carbocycles. The molecular weight excluding hydrogens is 288 g/mol. The number of carbonyl (C=O) groups is 2. The lowest BCUT2D eigenvalue weighted by Gasteiger charge is -1.97. The van der Waals surface area contributed by atoms with Crippen LogP contribution in [0, 0.1) is 0 Å². The molecule has 0 saturated carbocycles. The van der Waals surface area contributed by atoms with Crippen molar-refractivity contribution in [2.45, 2.75) is 39.5 Å².